The summed E-state index contributed by atoms with van der Waals surface area (Å²) in [6, 6.07) is 22.0. The van der Waals surface area contributed by atoms with Crippen LogP contribution >= 0.6 is 23.1 Å². The van der Waals surface area contributed by atoms with Gasteiger partial charge in [-0.2, -0.15) is 0 Å². The summed E-state index contributed by atoms with van der Waals surface area (Å²) in [4.78, 5) is 13.2. The highest BCUT2D eigenvalue weighted by Crippen LogP contribution is 2.30. The third-order valence-electron chi connectivity index (χ3n) is 5.60. The number of aryl methyl sites for hydroxylation is 2. The van der Waals surface area contributed by atoms with E-state index in [1.807, 2.05) is 57.2 Å². The smallest absolute Gasteiger partial charge is 0.264 e. The number of hydrogen-bond donors (Lipinski definition) is 1. The molecule has 0 saturated carbocycles. The summed E-state index contributed by atoms with van der Waals surface area (Å²) in [7, 11) is -4.00. The van der Waals surface area contributed by atoms with Gasteiger partial charge in [0.1, 0.15) is 6.54 Å². The van der Waals surface area contributed by atoms with Crippen LogP contribution < -0.4 is 9.62 Å². The Hall–Kier alpha value is -3.21. The zero-order valence-electron chi connectivity index (χ0n) is 20.1. The van der Waals surface area contributed by atoms with E-state index in [0.717, 1.165) is 32.3 Å². The van der Waals surface area contributed by atoms with Gasteiger partial charge < -0.3 is 0 Å². The maximum atomic E-state index is 13.6. The van der Waals surface area contributed by atoms with Crippen LogP contribution in [0.5, 0.6) is 0 Å². The van der Waals surface area contributed by atoms with Gasteiger partial charge in [0.2, 0.25) is 11.0 Å². The maximum absolute atomic E-state index is 13.6. The van der Waals surface area contributed by atoms with Crippen molar-refractivity contribution in [3.05, 3.63) is 95.1 Å². The quantitative estimate of drug-likeness (QED) is 0.221. The predicted molar refractivity (Wildman–Crippen MR) is 146 cm³/mol. The number of carbonyl (C=O) groups excluding carboxylic acids is 1. The summed E-state index contributed by atoms with van der Waals surface area (Å²) in [6.45, 7) is 5.25. The summed E-state index contributed by atoms with van der Waals surface area (Å²) in [5.41, 5.74) is 4.29. The molecule has 0 bridgehead atoms. The van der Waals surface area contributed by atoms with Crippen molar-refractivity contribution in [2.24, 2.45) is 0 Å². The lowest BCUT2D eigenvalue weighted by Gasteiger charge is -2.26. The van der Waals surface area contributed by atoms with Gasteiger partial charge in [-0.05, 0) is 55.7 Å². The van der Waals surface area contributed by atoms with E-state index in [0.29, 0.717) is 15.2 Å². The Labute approximate surface area is 219 Å². The summed E-state index contributed by atoms with van der Waals surface area (Å²) in [6.07, 6.45) is 0. The Kier molecular flexibility index (Phi) is 8.07. The van der Waals surface area contributed by atoms with Crippen molar-refractivity contribution in [2.45, 2.75) is 35.8 Å². The fourth-order valence-corrected chi connectivity index (χ4v) is 6.67. The molecule has 3 aromatic carbocycles. The molecule has 0 aliphatic rings. The van der Waals surface area contributed by atoms with Crippen LogP contribution in [0.4, 0.5) is 10.8 Å². The number of rotatable bonds is 9. The van der Waals surface area contributed by atoms with E-state index in [-0.39, 0.29) is 4.90 Å². The second-order valence-corrected chi connectivity index (χ2v) is 12.3. The Bertz CT molecular complexity index is 1450. The van der Waals surface area contributed by atoms with E-state index in [4.69, 9.17) is 0 Å². The first kappa shape index (κ1) is 25.9. The van der Waals surface area contributed by atoms with Gasteiger partial charge in [0, 0.05) is 5.75 Å². The fourth-order valence-electron chi connectivity index (χ4n) is 3.47. The average Bonchev–Trinajstić information content (AvgIpc) is 3.31. The minimum absolute atomic E-state index is 0.123. The maximum Gasteiger partial charge on any atom is 0.264 e. The molecule has 7 nitrogen and oxygen atoms in total. The van der Waals surface area contributed by atoms with Gasteiger partial charge >= 0.3 is 0 Å². The summed E-state index contributed by atoms with van der Waals surface area (Å²) >= 11 is 2.78. The highest BCUT2D eigenvalue weighted by atomic mass is 32.2. The molecule has 0 atom stereocenters. The molecule has 0 radical (unpaired) electrons. The molecule has 1 heterocycles. The molecule has 4 aromatic rings. The van der Waals surface area contributed by atoms with Gasteiger partial charge in [-0.15, -0.1) is 10.2 Å². The van der Waals surface area contributed by atoms with E-state index in [1.54, 1.807) is 36.4 Å². The third-order valence-corrected chi connectivity index (χ3v) is 9.42. The summed E-state index contributed by atoms with van der Waals surface area (Å²) < 4.78 is 29.1. The van der Waals surface area contributed by atoms with Crippen LogP contribution in [0.2, 0.25) is 0 Å². The topological polar surface area (TPSA) is 92.3 Å². The summed E-state index contributed by atoms with van der Waals surface area (Å²) in [5.74, 6) is 0.237. The molecule has 186 valence electrons. The zero-order valence-corrected chi connectivity index (χ0v) is 22.6. The number of anilines is 2. The van der Waals surface area contributed by atoms with E-state index < -0.39 is 22.5 Å². The highest BCUT2D eigenvalue weighted by Gasteiger charge is 2.29. The molecule has 0 unspecified atom stereocenters. The molecule has 0 saturated heterocycles. The van der Waals surface area contributed by atoms with Gasteiger partial charge in [0.15, 0.2) is 4.34 Å². The van der Waals surface area contributed by atoms with E-state index in [2.05, 4.69) is 15.5 Å². The highest BCUT2D eigenvalue weighted by molar-refractivity contribution is 8.00. The normalized spacial score (nSPS) is 11.3. The second-order valence-electron chi connectivity index (χ2n) is 8.24. The lowest BCUT2D eigenvalue weighted by molar-refractivity contribution is -0.114. The monoisotopic (exact) mass is 538 g/mol. The Morgan fingerprint density at radius 1 is 0.944 bits per heavy atom. The molecule has 0 aliphatic heterocycles. The molecule has 1 amide bonds. The van der Waals surface area contributed by atoms with Crippen molar-refractivity contribution >= 4 is 49.8 Å². The minimum atomic E-state index is -4.00. The number of aromatic nitrogens is 2. The first-order valence-electron chi connectivity index (χ1n) is 11.2. The minimum Gasteiger partial charge on any atom is -0.299 e. The number of nitrogens with zero attached hydrogens (tertiary/aromatic N) is 3. The number of thioether (sulfide) groups is 1. The number of carbonyl (C=O) groups is 1. The predicted octanol–water partition coefficient (Wildman–Crippen LogP) is 5.59. The van der Waals surface area contributed by atoms with Crippen LogP contribution in [0.15, 0.2) is 82.0 Å². The lowest BCUT2D eigenvalue weighted by atomic mass is 10.1. The fraction of sp³-hybridized carbons (Fsp3) is 0.192. The molecule has 10 heteroatoms. The van der Waals surface area contributed by atoms with Crippen molar-refractivity contribution < 1.29 is 13.2 Å². The van der Waals surface area contributed by atoms with Crippen LogP contribution in [0.3, 0.4) is 0 Å². The largest absolute Gasteiger partial charge is 0.299 e. The van der Waals surface area contributed by atoms with Crippen molar-refractivity contribution in [1.29, 1.82) is 0 Å². The van der Waals surface area contributed by atoms with Crippen LogP contribution in [0, 0.1) is 20.8 Å². The molecule has 4 rings (SSSR count). The van der Waals surface area contributed by atoms with Crippen molar-refractivity contribution in [1.82, 2.24) is 10.2 Å². The van der Waals surface area contributed by atoms with Crippen molar-refractivity contribution in [3.63, 3.8) is 0 Å². The zero-order chi connectivity index (χ0) is 25.7. The number of nitrogens with one attached hydrogen (secondary N) is 1. The van der Waals surface area contributed by atoms with Gasteiger partial charge in [0.25, 0.3) is 10.0 Å². The number of hydrogen-bond acceptors (Lipinski definition) is 7. The molecule has 1 N–H and O–H groups in total. The number of sulfonamides is 1. The van der Waals surface area contributed by atoms with Crippen LogP contribution in [-0.2, 0) is 20.6 Å². The van der Waals surface area contributed by atoms with Crippen LogP contribution in [-0.4, -0.2) is 31.1 Å². The molecular formula is C26H26N4O3S3. The molecule has 0 aliphatic carbocycles. The standard InChI is InChI=1S/C26H26N4O3S3/c1-18-12-14-22(15-13-18)36(32,33)30(23-11-7-8-19(2)20(23)3)16-24(31)27-25-28-29-26(35-25)34-17-21-9-5-4-6-10-21/h4-15H,16-17H2,1-3H3,(H,27,28,31). The first-order valence-corrected chi connectivity index (χ1v) is 14.4. The summed E-state index contributed by atoms with van der Waals surface area (Å²) in [5, 5.41) is 11.2. The average molecular weight is 539 g/mol. The first-order chi connectivity index (χ1) is 17.2. The van der Waals surface area contributed by atoms with Crippen molar-refractivity contribution in [2.75, 3.05) is 16.2 Å². The molecular weight excluding hydrogens is 513 g/mol. The molecule has 1 aromatic heterocycles. The van der Waals surface area contributed by atoms with E-state index >= 15 is 0 Å². The van der Waals surface area contributed by atoms with E-state index in [1.165, 1.54) is 23.1 Å². The SMILES string of the molecule is Cc1ccc(S(=O)(=O)N(CC(=O)Nc2nnc(SCc3ccccc3)s2)c2cccc(C)c2C)cc1. The second kappa shape index (κ2) is 11.2. The Balaban J connectivity index is 1.53. The molecule has 0 spiro atoms. The Morgan fingerprint density at radius 3 is 2.39 bits per heavy atom. The van der Waals surface area contributed by atoms with Crippen molar-refractivity contribution in [3.8, 4) is 0 Å². The van der Waals surface area contributed by atoms with Gasteiger partial charge in [-0.25, -0.2) is 8.42 Å². The van der Waals surface area contributed by atoms with Gasteiger partial charge in [-0.1, -0.05) is 83.3 Å². The number of amides is 1. The number of benzene rings is 3. The van der Waals surface area contributed by atoms with E-state index in [9.17, 15) is 13.2 Å². The van der Waals surface area contributed by atoms with Gasteiger partial charge in [0.05, 0.1) is 10.6 Å². The van der Waals surface area contributed by atoms with Gasteiger partial charge in [-0.3, -0.25) is 14.4 Å². The lowest BCUT2D eigenvalue weighted by Crippen LogP contribution is -2.38. The van der Waals surface area contributed by atoms with Crippen LogP contribution in [0.1, 0.15) is 22.3 Å². The third kappa shape index (κ3) is 6.13. The van der Waals surface area contributed by atoms with Crippen LogP contribution in [0.25, 0.3) is 0 Å². The molecule has 0 fully saturated rings. The molecule has 36 heavy (non-hydrogen) atoms. The Morgan fingerprint density at radius 2 is 1.67 bits per heavy atom.